The van der Waals surface area contributed by atoms with Crippen LogP contribution in [0.2, 0.25) is 0 Å². The minimum absolute atomic E-state index is 0.0339. The number of ether oxygens (including phenoxy) is 1. The van der Waals surface area contributed by atoms with Crippen molar-refractivity contribution in [2.45, 2.75) is 50.5 Å². The highest BCUT2D eigenvalue weighted by Crippen LogP contribution is 2.39. The number of aliphatic carboxylic acids is 1. The maximum atomic E-state index is 13.5. The number of hydrogen-bond acceptors (Lipinski definition) is 3. The molecular weight excluding hydrogens is 306 g/mol. The van der Waals surface area contributed by atoms with Gasteiger partial charge in [0.15, 0.2) is 0 Å². The number of rotatable bonds is 4. The Morgan fingerprint density at radius 1 is 1.25 bits per heavy atom. The van der Waals surface area contributed by atoms with E-state index in [1.54, 1.807) is 0 Å². The van der Waals surface area contributed by atoms with Crippen molar-refractivity contribution in [1.82, 2.24) is 4.90 Å². The molecule has 1 N–H and O–H groups in total. The number of likely N-dealkylation sites (tertiary alicyclic amines) is 1. The fourth-order valence-corrected chi connectivity index (χ4v) is 4.01. The van der Waals surface area contributed by atoms with Crippen molar-refractivity contribution in [3.05, 3.63) is 35.4 Å². The molecule has 2 aliphatic heterocycles. The van der Waals surface area contributed by atoms with Crippen LogP contribution in [0.1, 0.15) is 43.2 Å². The first-order chi connectivity index (χ1) is 11.5. The summed E-state index contributed by atoms with van der Waals surface area (Å²) < 4.78 is 5.51. The molecule has 1 atom stereocenters. The molecule has 24 heavy (non-hydrogen) atoms. The fourth-order valence-electron chi connectivity index (χ4n) is 4.01. The Labute approximate surface area is 142 Å². The van der Waals surface area contributed by atoms with Crippen molar-refractivity contribution in [3.8, 4) is 0 Å². The molecule has 1 amide bonds. The molecule has 0 bridgehead atoms. The van der Waals surface area contributed by atoms with Gasteiger partial charge >= 0.3 is 5.97 Å². The predicted molar refractivity (Wildman–Crippen MR) is 89.9 cm³/mol. The van der Waals surface area contributed by atoms with E-state index < -0.39 is 11.4 Å². The number of nitrogens with zero attached hydrogens (tertiary/aromatic N) is 1. The lowest BCUT2D eigenvalue weighted by Crippen LogP contribution is -2.51. The number of amides is 1. The largest absolute Gasteiger partial charge is 0.481 e. The molecule has 1 aromatic carbocycles. The fraction of sp³-hybridized carbons (Fsp3) is 0.579. The van der Waals surface area contributed by atoms with Gasteiger partial charge in [-0.15, -0.1) is 0 Å². The second-order valence-corrected chi connectivity index (χ2v) is 6.95. The summed E-state index contributed by atoms with van der Waals surface area (Å²) in [5, 5.41) is 9.14. The van der Waals surface area contributed by atoms with E-state index in [0.717, 1.165) is 18.4 Å². The molecule has 1 aromatic rings. The normalized spacial score (nSPS) is 23.2. The molecule has 5 nitrogen and oxygen atoms in total. The predicted octanol–water partition coefficient (Wildman–Crippen LogP) is 2.51. The maximum absolute atomic E-state index is 13.5. The Morgan fingerprint density at radius 2 is 1.92 bits per heavy atom. The zero-order valence-corrected chi connectivity index (χ0v) is 14.2. The first kappa shape index (κ1) is 17.0. The van der Waals surface area contributed by atoms with Crippen molar-refractivity contribution < 1.29 is 19.4 Å². The van der Waals surface area contributed by atoms with Crippen LogP contribution in [-0.4, -0.2) is 47.7 Å². The number of hydrogen-bond donors (Lipinski definition) is 1. The van der Waals surface area contributed by atoms with Crippen molar-refractivity contribution in [3.63, 3.8) is 0 Å². The van der Waals surface area contributed by atoms with E-state index in [0.29, 0.717) is 32.6 Å². The van der Waals surface area contributed by atoms with Gasteiger partial charge < -0.3 is 14.7 Å². The van der Waals surface area contributed by atoms with Gasteiger partial charge in [-0.2, -0.15) is 0 Å². The van der Waals surface area contributed by atoms with Crippen molar-refractivity contribution in [2.75, 3.05) is 19.8 Å². The molecule has 5 heteroatoms. The van der Waals surface area contributed by atoms with Crippen LogP contribution >= 0.6 is 0 Å². The summed E-state index contributed by atoms with van der Waals surface area (Å²) in [5.41, 5.74) is 1.62. The van der Waals surface area contributed by atoms with E-state index in [1.165, 1.54) is 5.56 Å². The maximum Gasteiger partial charge on any atom is 0.305 e. The van der Waals surface area contributed by atoms with Gasteiger partial charge in [-0.25, -0.2) is 0 Å². The van der Waals surface area contributed by atoms with Gasteiger partial charge in [0.05, 0.1) is 11.8 Å². The minimum Gasteiger partial charge on any atom is -0.481 e. The first-order valence-electron chi connectivity index (χ1n) is 8.71. The summed E-state index contributed by atoms with van der Waals surface area (Å²) in [5.74, 6) is -0.755. The zero-order chi connectivity index (χ0) is 17.2. The number of benzene rings is 1. The monoisotopic (exact) mass is 331 g/mol. The van der Waals surface area contributed by atoms with E-state index in [4.69, 9.17) is 9.84 Å². The minimum atomic E-state index is -0.837. The number of carboxylic acid groups (broad SMARTS) is 1. The summed E-state index contributed by atoms with van der Waals surface area (Å²) in [4.78, 5) is 26.4. The van der Waals surface area contributed by atoms with Gasteiger partial charge in [-0.1, -0.05) is 29.8 Å². The SMILES string of the molecule is Cc1ccc(C2(C(=O)N3CCCC3CC(=O)O)CCOCC2)cc1. The Hall–Kier alpha value is -1.88. The zero-order valence-electron chi connectivity index (χ0n) is 14.2. The molecule has 0 saturated carbocycles. The molecule has 2 fully saturated rings. The van der Waals surface area contributed by atoms with E-state index in [9.17, 15) is 9.59 Å². The quantitative estimate of drug-likeness (QED) is 0.920. The molecule has 0 spiro atoms. The standard InChI is InChI=1S/C19H25NO4/c1-14-4-6-15(7-5-14)19(8-11-24-12-9-19)18(23)20-10-2-3-16(20)13-17(21)22/h4-7,16H,2-3,8-13H2,1H3,(H,21,22). The van der Waals surface area contributed by atoms with Crippen LogP contribution < -0.4 is 0 Å². The summed E-state index contributed by atoms with van der Waals surface area (Å²) in [6.45, 7) is 3.82. The van der Waals surface area contributed by atoms with Crippen molar-refractivity contribution in [2.24, 2.45) is 0 Å². The van der Waals surface area contributed by atoms with Crippen LogP contribution in [0.25, 0.3) is 0 Å². The third-order valence-corrected chi connectivity index (χ3v) is 5.41. The van der Waals surface area contributed by atoms with Gasteiger partial charge in [0.1, 0.15) is 0 Å². The Balaban J connectivity index is 1.92. The molecule has 2 aliphatic rings. The average molecular weight is 331 g/mol. The lowest BCUT2D eigenvalue weighted by Gasteiger charge is -2.40. The smallest absolute Gasteiger partial charge is 0.305 e. The number of aryl methyl sites for hydroxylation is 1. The highest BCUT2D eigenvalue weighted by molar-refractivity contribution is 5.89. The molecular formula is C19H25NO4. The molecule has 0 radical (unpaired) electrons. The van der Waals surface area contributed by atoms with Crippen LogP contribution in [0.15, 0.2) is 24.3 Å². The van der Waals surface area contributed by atoms with E-state index in [2.05, 4.69) is 0 Å². The number of carbonyl (C=O) groups excluding carboxylic acids is 1. The molecule has 3 rings (SSSR count). The highest BCUT2D eigenvalue weighted by Gasteiger charge is 2.46. The van der Waals surface area contributed by atoms with Gasteiger partial charge in [-0.05, 0) is 38.2 Å². The van der Waals surface area contributed by atoms with Crippen LogP contribution in [0, 0.1) is 6.92 Å². The third-order valence-electron chi connectivity index (χ3n) is 5.41. The third kappa shape index (κ3) is 3.18. The van der Waals surface area contributed by atoms with Gasteiger partial charge in [0, 0.05) is 25.8 Å². The van der Waals surface area contributed by atoms with Crippen molar-refractivity contribution >= 4 is 11.9 Å². The van der Waals surface area contributed by atoms with Crippen LogP contribution in [0.5, 0.6) is 0 Å². The molecule has 2 saturated heterocycles. The highest BCUT2D eigenvalue weighted by atomic mass is 16.5. The summed E-state index contributed by atoms with van der Waals surface area (Å²) in [6.07, 6.45) is 3.01. The number of carboxylic acids is 1. The second kappa shape index (κ2) is 6.93. The van der Waals surface area contributed by atoms with Crippen LogP contribution in [0.4, 0.5) is 0 Å². The topological polar surface area (TPSA) is 66.8 Å². The summed E-state index contributed by atoms with van der Waals surface area (Å²) in [7, 11) is 0. The van der Waals surface area contributed by atoms with E-state index >= 15 is 0 Å². The van der Waals surface area contributed by atoms with Gasteiger partial charge in [0.25, 0.3) is 0 Å². The lowest BCUT2D eigenvalue weighted by atomic mass is 9.72. The van der Waals surface area contributed by atoms with Crippen LogP contribution in [-0.2, 0) is 19.7 Å². The second-order valence-electron chi connectivity index (χ2n) is 6.95. The van der Waals surface area contributed by atoms with Gasteiger partial charge in [0.2, 0.25) is 5.91 Å². The van der Waals surface area contributed by atoms with Crippen LogP contribution in [0.3, 0.4) is 0 Å². The number of carbonyl (C=O) groups is 2. The Bertz CT molecular complexity index is 604. The van der Waals surface area contributed by atoms with Gasteiger partial charge in [-0.3, -0.25) is 9.59 Å². The molecule has 2 heterocycles. The van der Waals surface area contributed by atoms with Crippen molar-refractivity contribution in [1.29, 1.82) is 0 Å². The van der Waals surface area contributed by atoms with E-state index in [-0.39, 0.29) is 18.4 Å². The lowest BCUT2D eigenvalue weighted by molar-refractivity contribution is -0.144. The summed E-state index contributed by atoms with van der Waals surface area (Å²) in [6, 6.07) is 7.99. The van der Waals surface area contributed by atoms with E-state index in [1.807, 2.05) is 36.1 Å². The molecule has 1 unspecified atom stereocenters. The molecule has 0 aromatic heterocycles. The molecule has 0 aliphatic carbocycles. The Kier molecular flexibility index (Phi) is 4.90. The Morgan fingerprint density at radius 3 is 2.54 bits per heavy atom. The summed E-state index contributed by atoms with van der Waals surface area (Å²) >= 11 is 0. The molecule has 130 valence electrons. The first-order valence-corrected chi connectivity index (χ1v) is 8.71. The average Bonchev–Trinajstić information content (AvgIpc) is 3.02.